The minimum atomic E-state index is -3.28. The van der Waals surface area contributed by atoms with Crippen LogP contribution in [0.25, 0.3) is 0 Å². The van der Waals surface area contributed by atoms with Crippen LogP contribution >= 0.6 is 11.6 Å². The van der Waals surface area contributed by atoms with Crippen LogP contribution in [0, 0.1) is 0 Å². The van der Waals surface area contributed by atoms with Crippen LogP contribution in [-0.2, 0) is 22.8 Å². The molecule has 6 heteroatoms. The average Bonchev–Trinajstić information content (AvgIpc) is 2.45. The number of nitrogens with zero attached hydrogens (tertiary/aromatic N) is 1. The van der Waals surface area contributed by atoms with Gasteiger partial charge in [0.25, 0.3) is 0 Å². The second kappa shape index (κ2) is 7.02. The van der Waals surface area contributed by atoms with Crippen molar-refractivity contribution in [1.82, 2.24) is 10.3 Å². The minimum Gasteiger partial charge on any atom is -0.312 e. The Hall–Kier alpha value is -1.43. The summed E-state index contributed by atoms with van der Waals surface area (Å²) in [6, 6.07) is 8.86. The number of hydrogen-bond donors (Lipinski definition) is 1. The normalized spacial score (nSPS) is 11.5. The lowest BCUT2D eigenvalue weighted by Crippen LogP contribution is -2.18. The second-order valence-corrected chi connectivity index (χ2v) is 7.16. The summed E-state index contributed by atoms with van der Waals surface area (Å²) < 4.78 is 23.5. The van der Waals surface area contributed by atoms with Gasteiger partial charge in [-0.2, -0.15) is 0 Å². The quantitative estimate of drug-likeness (QED) is 0.829. The molecular weight excluding hydrogens is 308 g/mol. The highest BCUT2D eigenvalue weighted by Crippen LogP contribution is 2.23. The van der Waals surface area contributed by atoms with Crippen molar-refractivity contribution in [3.63, 3.8) is 0 Å². The largest absolute Gasteiger partial charge is 0.312 e. The highest BCUT2D eigenvalue weighted by atomic mass is 35.5. The zero-order valence-electron chi connectivity index (χ0n) is 11.7. The predicted molar refractivity (Wildman–Crippen MR) is 84.2 cm³/mol. The first-order valence-corrected chi connectivity index (χ1v) is 8.82. The van der Waals surface area contributed by atoms with Gasteiger partial charge in [-0.3, -0.25) is 4.98 Å². The third-order valence-electron chi connectivity index (χ3n) is 3.12. The molecule has 0 bridgehead atoms. The van der Waals surface area contributed by atoms with Gasteiger partial charge in [-0.25, -0.2) is 8.42 Å². The van der Waals surface area contributed by atoms with E-state index >= 15 is 0 Å². The molecule has 1 aromatic carbocycles. The Morgan fingerprint density at radius 1 is 1.19 bits per heavy atom. The predicted octanol–water partition coefficient (Wildman–Crippen LogP) is 2.47. The molecule has 1 N–H and O–H groups in total. The van der Waals surface area contributed by atoms with Crippen LogP contribution in [0.4, 0.5) is 0 Å². The smallest absolute Gasteiger partial charge is 0.175 e. The van der Waals surface area contributed by atoms with E-state index in [1.807, 2.05) is 12.1 Å². The highest BCUT2D eigenvalue weighted by molar-refractivity contribution is 7.90. The van der Waals surface area contributed by atoms with Crippen LogP contribution in [0.3, 0.4) is 0 Å². The molecule has 112 valence electrons. The summed E-state index contributed by atoms with van der Waals surface area (Å²) in [4.78, 5) is 4.25. The summed E-state index contributed by atoms with van der Waals surface area (Å²) in [5.74, 6) is 0. The van der Waals surface area contributed by atoms with Gasteiger partial charge in [0.1, 0.15) is 0 Å². The molecule has 0 fully saturated rings. The second-order valence-electron chi connectivity index (χ2n) is 4.77. The summed E-state index contributed by atoms with van der Waals surface area (Å²) in [7, 11) is -3.28. The van der Waals surface area contributed by atoms with Crippen LogP contribution in [0.2, 0.25) is 5.02 Å². The lowest BCUT2D eigenvalue weighted by atomic mass is 10.2. The summed E-state index contributed by atoms with van der Waals surface area (Å²) in [5, 5.41) is 3.70. The molecule has 0 aliphatic rings. The molecule has 0 unspecified atom stereocenters. The van der Waals surface area contributed by atoms with E-state index in [0.717, 1.165) is 13.0 Å². The number of sulfone groups is 1. The van der Waals surface area contributed by atoms with Crippen molar-refractivity contribution < 1.29 is 8.42 Å². The molecular formula is C15H17ClN2O2S. The number of benzene rings is 1. The number of aromatic nitrogens is 1. The van der Waals surface area contributed by atoms with Gasteiger partial charge in [0, 0.05) is 35.8 Å². The number of hydrogen-bond acceptors (Lipinski definition) is 4. The topological polar surface area (TPSA) is 59.1 Å². The molecule has 1 heterocycles. The van der Waals surface area contributed by atoms with Gasteiger partial charge in [0.05, 0.1) is 4.90 Å². The molecule has 0 radical (unpaired) electrons. The Kier molecular flexibility index (Phi) is 5.33. The maximum Gasteiger partial charge on any atom is 0.175 e. The number of halogens is 1. The van der Waals surface area contributed by atoms with Gasteiger partial charge < -0.3 is 5.32 Å². The first-order chi connectivity index (χ1) is 9.98. The van der Waals surface area contributed by atoms with E-state index in [9.17, 15) is 8.42 Å². The summed E-state index contributed by atoms with van der Waals surface area (Å²) in [6.07, 6.45) is 5.55. The average molecular weight is 325 g/mol. The Labute approximate surface area is 130 Å². The van der Waals surface area contributed by atoms with Crippen molar-refractivity contribution in [2.45, 2.75) is 17.9 Å². The van der Waals surface area contributed by atoms with E-state index in [2.05, 4.69) is 10.3 Å². The van der Waals surface area contributed by atoms with E-state index in [0.29, 0.717) is 17.1 Å². The minimum absolute atomic E-state index is 0.284. The van der Waals surface area contributed by atoms with Gasteiger partial charge >= 0.3 is 0 Å². The van der Waals surface area contributed by atoms with Crippen molar-refractivity contribution in [3.05, 3.63) is 58.9 Å². The van der Waals surface area contributed by atoms with E-state index in [-0.39, 0.29) is 4.90 Å². The third kappa shape index (κ3) is 4.52. The molecule has 2 aromatic rings. The van der Waals surface area contributed by atoms with Gasteiger partial charge in [0.2, 0.25) is 0 Å². The SMILES string of the molecule is CS(=O)(=O)c1cccc(Cl)c1CNCCc1ccncc1. The van der Waals surface area contributed by atoms with Crippen molar-refractivity contribution in [2.75, 3.05) is 12.8 Å². The molecule has 0 atom stereocenters. The number of nitrogens with one attached hydrogen (secondary N) is 1. The fourth-order valence-corrected chi connectivity index (χ4v) is 3.31. The zero-order chi connectivity index (χ0) is 15.3. The van der Waals surface area contributed by atoms with Gasteiger partial charge in [0.15, 0.2) is 9.84 Å². The van der Waals surface area contributed by atoms with E-state index in [1.54, 1.807) is 30.6 Å². The fraction of sp³-hybridized carbons (Fsp3) is 0.267. The molecule has 0 aliphatic carbocycles. The van der Waals surface area contributed by atoms with Crippen molar-refractivity contribution >= 4 is 21.4 Å². The summed E-state index contributed by atoms with van der Waals surface area (Å²) in [6.45, 7) is 1.16. The Balaban J connectivity index is 2.00. The molecule has 0 spiro atoms. The maximum atomic E-state index is 11.8. The lowest BCUT2D eigenvalue weighted by Gasteiger charge is -2.11. The van der Waals surface area contributed by atoms with Gasteiger partial charge in [-0.1, -0.05) is 17.7 Å². The van der Waals surface area contributed by atoms with Crippen LogP contribution in [-0.4, -0.2) is 26.2 Å². The van der Waals surface area contributed by atoms with Gasteiger partial charge in [-0.05, 0) is 42.8 Å². The van der Waals surface area contributed by atoms with Crippen molar-refractivity contribution in [1.29, 1.82) is 0 Å². The first kappa shape index (κ1) is 15.9. The third-order valence-corrected chi connectivity index (χ3v) is 4.65. The fourth-order valence-electron chi connectivity index (χ4n) is 2.05. The van der Waals surface area contributed by atoms with E-state index < -0.39 is 9.84 Å². The summed E-state index contributed by atoms with van der Waals surface area (Å²) in [5.41, 5.74) is 1.80. The van der Waals surface area contributed by atoms with Crippen molar-refractivity contribution in [2.24, 2.45) is 0 Å². The molecule has 0 saturated heterocycles. The molecule has 2 rings (SSSR count). The van der Waals surface area contributed by atoms with E-state index in [1.165, 1.54) is 11.8 Å². The number of rotatable bonds is 6. The first-order valence-electron chi connectivity index (χ1n) is 6.55. The maximum absolute atomic E-state index is 11.8. The summed E-state index contributed by atoms with van der Waals surface area (Å²) >= 11 is 6.12. The molecule has 0 aliphatic heterocycles. The zero-order valence-corrected chi connectivity index (χ0v) is 13.3. The Morgan fingerprint density at radius 2 is 1.90 bits per heavy atom. The monoisotopic (exact) mass is 324 g/mol. The van der Waals surface area contributed by atoms with Crippen LogP contribution in [0.1, 0.15) is 11.1 Å². The molecule has 1 aromatic heterocycles. The number of pyridine rings is 1. The van der Waals surface area contributed by atoms with E-state index in [4.69, 9.17) is 11.6 Å². The molecule has 0 amide bonds. The van der Waals surface area contributed by atoms with Gasteiger partial charge in [-0.15, -0.1) is 0 Å². The van der Waals surface area contributed by atoms with Crippen LogP contribution in [0.5, 0.6) is 0 Å². The van der Waals surface area contributed by atoms with Crippen LogP contribution < -0.4 is 5.32 Å². The van der Waals surface area contributed by atoms with Crippen molar-refractivity contribution in [3.8, 4) is 0 Å². The highest BCUT2D eigenvalue weighted by Gasteiger charge is 2.15. The standard InChI is InChI=1S/C15H17ClN2O2S/c1-21(19,20)15-4-2-3-14(16)13(15)11-18-10-7-12-5-8-17-9-6-12/h2-6,8-9,18H,7,10-11H2,1H3. The lowest BCUT2D eigenvalue weighted by molar-refractivity contribution is 0.598. The molecule has 4 nitrogen and oxygen atoms in total. The Bertz CT molecular complexity index is 703. The molecule has 21 heavy (non-hydrogen) atoms. The molecule has 0 saturated carbocycles. The van der Waals surface area contributed by atoms with Crippen LogP contribution in [0.15, 0.2) is 47.6 Å². The Morgan fingerprint density at radius 3 is 2.57 bits per heavy atom.